The number of fused-ring (bicyclic) bond motifs is 5. The number of hydrogen-bond acceptors (Lipinski definition) is 8. The molecular weight excluding hydrogens is 527 g/mol. The smallest absolute Gasteiger partial charge is 0.341 e. The number of nitrogens with zero attached hydrogens (tertiary/aromatic N) is 5. The second kappa shape index (κ2) is 9.35. The topological polar surface area (TPSA) is 113 Å². The van der Waals surface area contributed by atoms with Gasteiger partial charge in [0.2, 0.25) is 5.43 Å². The number of carbonyl (C=O) groups is 1. The van der Waals surface area contributed by atoms with E-state index in [1.807, 2.05) is 0 Å². The van der Waals surface area contributed by atoms with Gasteiger partial charge in [-0.2, -0.15) is 0 Å². The van der Waals surface area contributed by atoms with Gasteiger partial charge in [0.05, 0.1) is 35.5 Å². The molecule has 0 bridgehead atoms. The Kier molecular flexibility index (Phi) is 5.84. The molecule has 210 valence electrons. The summed E-state index contributed by atoms with van der Waals surface area (Å²) in [6.07, 6.45) is 5.34. The summed E-state index contributed by atoms with van der Waals surface area (Å²) in [6.45, 7) is 2.86. The molecule has 5 heterocycles. The molecule has 2 fully saturated rings. The lowest BCUT2D eigenvalue weighted by atomic mass is 9.97. The highest BCUT2D eigenvalue weighted by Gasteiger charge is 2.41. The van der Waals surface area contributed by atoms with Gasteiger partial charge in [0.1, 0.15) is 17.0 Å². The Morgan fingerprint density at radius 2 is 1.98 bits per heavy atom. The van der Waals surface area contributed by atoms with E-state index in [1.54, 1.807) is 43.2 Å². The molecule has 2 saturated heterocycles. The van der Waals surface area contributed by atoms with Gasteiger partial charge in [0.25, 0.3) is 0 Å². The van der Waals surface area contributed by atoms with Crippen LogP contribution < -0.4 is 15.6 Å². The number of ether oxygens (including phenoxy) is 1. The van der Waals surface area contributed by atoms with Crippen LogP contribution in [-0.2, 0) is 18.2 Å². The maximum absolute atomic E-state index is 14.9. The average Bonchev–Trinajstić information content (AvgIpc) is 3.56. The number of rotatable bonds is 4. The molecule has 2 aliphatic heterocycles. The Morgan fingerprint density at radius 1 is 1.15 bits per heavy atom. The number of benzene rings is 1. The third-order valence-corrected chi connectivity index (χ3v) is 8.68. The number of pyridine rings is 3. The van der Waals surface area contributed by atoms with Gasteiger partial charge in [0.15, 0.2) is 0 Å². The molecule has 0 saturated carbocycles. The van der Waals surface area contributed by atoms with Gasteiger partial charge in [-0.15, -0.1) is 0 Å². The van der Waals surface area contributed by atoms with Crippen LogP contribution in [-0.4, -0.2) is 83.0 Å². The molecule has 3 aliphatic rings. The third kappa shape index (κ3) is 3.91. The quantitative estimate of drug-likeness (QED) is 0.345. The lowest BCUT2D eigenvalue weighted by molar-refractivity contribution is -0.0362. The highest BCUT2D eigenvalue weighted by atomic mass is 19.1. The van der Waals surface area contributed by atoms with Crippen molar-refractivity contribution in [3.05, 3.63) is 69.7 Å². The van der Waals surface area contributed by atoms with E-state index in [0.29, 0.717) is 37.3 Å². The lowest BCUT2D eigenvalue weighted by Gasteiger charge is -2.33. The van der Waals surface area contributed by atoms with Crippen LogP contribution in [0.2, 0.25) is 0 Å². The van der Waals surface area contributed by atoms with Crippen molar-refractivity contribution in [2.75, 3.05) is 50.6 Å². The van der Waals surface area contributed by atoms with Crippen LogP contribution in [0.15, 0.2) is 41.6 Å². The molecular formula is C30H29FN6O4. The number of hydrogen-bond donors (Lipinski definition) is 2. The van der Waals surface area contributed by atoms with Crippen LogP contribution in [0.4, 0.5) is 15.8 Å². The van der Waals surface area contributed by atoms with Gasteiger partial charge >= 0.3 is 5.97 Å². The van der Waals surface area contributed by atoms with Crippen LogP contribution in [0.1, 0.15) is 21.6 Å². The summed E-state index contributed by atoms with van der Waals surface area (Å²) >= 11 is 0. The van der Waals surface area contributed by atoms with Crippen LogP contribution in [0.25, 0.3) is 33.3 Å². The molecule has 2 N–H and O–H groups in total. The molecule has 2 atom stereocenters. The molecule has 0 unspecified atom stereocenters. The van der Waals surface area contributed by atoms with E-state index in [2.05, 4.69) is 27.1 Å². The maximum atomic E-state index is 14.9. The first kappa shape index (κ1) is 25.6. The van der Waals surface area contributed by atoms with E-state index in [0.717, 1.165) is 45.9 Å². The standard InChI is InChI=1S/C30H29FN6O4/c1-32-22-8-16(31)7-18-17(22)9-23-26(18)27(37-13-24-25(14-37)41-5-4-35(24)2)20(11-33-23)15-6-19-28(38)21(30(39)40)12-36(3)29(19)34-10-15/h6-8,10-12,24-25,32H,4-5,9,13-14H2,1-3H3,(H,39,40)/t24-,25+/m1/s1. The fourth-order valence-corrected chi connectivity index (χ4v) is 6.64. The number of aromatic nitrogens is 3. The number of likely N-dealkylation sites (N-methyl/N-ethyl adjacent to an activating group) is 1. The van der Waals surface area contributed by atoms with E-state index in [-0.39, 0.29) is 28.9 Å². The lowest BCUT2D eigenvalue weighted by Crippen LogP contribution is -2.48. The monoisotopic (exact) mass is 556 g/mol. The Labute approximate surface area is 235 Å². The van der Waals surface area contributed by atoms with Crippen LogP contribution in [0.5, 0.6) is 0 Å². The van der Waals surface area contributed by atoms with E-state index < -0.39 is 11.4 Å². The Hall–Kier alpha value is -4.35. The SMILES string of the molecule is CNc1cc(F)cc2c1Cc1ncc(-c3cnc4c(c3)c(=O)c(C(=O)O)cn4C)c(N3C[C@@H]4OCCN(C)[C@@H]4C3)c1-2. The van der Waals surface area contributed by atoms with Crippen molar-refractivity contribution in [1.82, 2.24) is 19.4 Å². The number of aryl methyl sites for hydroxylation is 1. The van der Waals surface area contributed by atoms with Crippen LogP contribution in [0.3, 0.4) is 0 Å². The average molecular weight is 557 g/mol. The Balaban J connectivity index is 1.48. The van der Waals surface area contributed by atoms with Gasteiger partial charge in [-0.1, -0.05) is 0 Å². The summed E-state index contributed by atoms with van der Waals surface area (Å²) < 4.78 is 22.6. The van der Waals surface area contributed by atoms with Crippen LogP contribution >= 0.6 is 0 Å². The number of morpholine rings is 1. The van der Waals surface area contributed by atoms with Gasteiger partial charge < -0.3 is 24.6 Å². The molecule has 0 radical (unpaired) electrons. The number of carboxylic acids is 1. The van der Waals surface area contributed by atoms with E-state index in [9.17, 15) is 19.1 Å². The minimum absolute atomic E-state index is 0.0202. The van der Waals surface area contributed by atoms with E-state index in [1.165, 1.54) is 12.3 Å². The number of aromatic carboxylic acids is 1. The summed E-state index contributed by atoms with van der Waals surface area (Å²) in [4.78, 5) is 39.0. The highest BCUT2D eigenvalue weighted by Crippen LogP contribution is 2.49. The Bertz CT molecular complexity index is 1820. The molecule has 11 heteroatoms. The Morgan fingerprint density at radius 3 is 2.73 bits per heavy atom. The van der Waals surface area contributed by atoms with Crippen molar-refractivity contribution < 1.29 is 19.0 Å². The molecule has 10 nitrogen and oxygen atoms in total. The second-order valence-electron chi connectivity index (χ2n) is 11.0. The summed E-state index contributed by atoms with van der Waals surface area (Å²) in [5.41, 5.74) is 5.93. The summed E-state index contributed by atoms with van der Waals surface area (Å²) in [5, 5.41) is 12.9. The minimum Gasteiger partial charge on any atom is -0.477 e. The molecule has 1 aromatic carbocycles. The largest absolute Gasteiger partial charge is 0.477 e. The highest BCUT2D eigenvalue weighted by molar-refractivity contribution is 5.98. The first-order chi connectivity index (χ1) is 19.7. The number of halogens is 1. The van der Waals surface area contributed by atoms with Gasteiger partial charge in [0, 0.05) is 81.1 Å². The van der Waals surface area contributed by atoms with Gasteiger partial charge in [-0.05, 0) is 36.4 Å². The van der Waals surface area contributed by atoms with Crippen molar-refractivity contribution in [2.24, 2.45) is 7.05 Å². The zero-order chi connectivity index (χ0) is 28.6. The van der Waals surface area contributed by atoms with E-state index in [4.69, 9.17) is 9.72 Å². The summed E-state index contributed by atoms with van der Waals surface area (Å²) in [5.74, 6) is -1.63. The predicted octanol–water partition coefficient (Wildman–Crippen LogP) is 2.96. The van der Waals surface area contributed by atoms with Crippen molar-refractivity contribution >= 4 is 28.4 Å². The van der Waals surface area contributed by atoms with Crippen molar-refractivity contribution in [3.8, 4) is 22.3 Å². The number of anilines is 2. The fraction of sp³-hybridized carbons (Fsp3) is 0.333. The molecule has 4 aromatic rings. The van der Waals surface area contributed by atoms with Gasteiger partial charge in [-0.3, -0.25) is 14.7 Å². The zero-order valence-electron chi connectivity index (χ0n) is 22.9. The molecule has 0 amide bonds. The van der Waals surface area contributed by atoms with E-state index >= 15 is 0 Å². The molecule has 3 aromatic heterocycles. The molecule has 1 aliphatic carbocycles. The fourth-order valence-electron chi connectivity index (χ4n) is 6.64. The summed E-state index contributed by atoms with van der Waals surface area (Å²) in [7, 11) is 5.55. The van der Waals surface area contributed by atoms with Crippen molar-refractivity contribution in [3.63, 3.8) is 0 Å². The zero-order valence-corrected chi connectivity index (χ0v) is 22.9. The maximum Gasteiger partial charge on any atom is 0.341 e. The normalized spacial score (nSPS) is 19.8. The third-order valence-electron chi connectivity index (χ3n) is 8.68. The second-order valence-corrected chi connectivity index (χ2v) is 11.0. The number of carboxylic acid groups (broad SMARTS) is 1. The first-order valence-corrected chi connectivity index (χ1v) is 13.6. The summed E-state index contributed by atoms with van der Waals surface area (Å²) in [6, 6.07) is 4.95. The minimum atomic E-state index is -1.29. The van der Waals surface area contributed by atoms with Crippen LogP contribution in [0, 0.1) is 5.82 Å². The van der Waals surface area contributed by atoms with Crippen molar-refractivity contribution in [1.29, 1.82) is 0 Å². The van der Waals surface area contributed by atoms with Crippen molar-refractivity contribution in [2.45, 2.75) is 18.6 Å². The predicted molar refractivity (Wildman–Crippen MR) is 153 cm³/mol. The van der Waals surface area contributed by atoms with Gasteiger partial charge in [-0.25, -0.2) is 14.2 Å². The molecule has 0 spiro atoms. The number of nitrogens with one attached hydrogen (secondary N) is 1. The molecule has 41 heavy (non-hydrogen) atoms. The first-order valence-electron chi connectivity index (χ1n) is 13.6. The molecule has 7 rings (SSSR count).